The molecule has 0 nitrogen and oxygen atoms in total. The average molecular weight is 538 g/mol. The molecule has 3 aliphatic rings. The predicted octanol–water partition coefficient (Wildman–Crippen LogP) is -0.0741. The van der Waals surface area contributed by atoms with E-state index in [0.717, 1.165) is 3.67 Å². The van der Waals surface area contributed by atoms with Gasteiger partial charge >= 0.3 is 148 Å². The summed E-state index contributed by atoms with van der Waals surface area (Å²) in [5.74, 6) is 0. The van der Waals surface area contributed by atoms with Crippen molar-refractivity contribution >= 4 is 3.26 Å². The van der Waals surface area contributed by atoms with Crippen LogP contribution in [-0.4, -0.2) is 3.26 Å². The second kappa shape index (κ2) is 9.44. The third-order valence-electron chi connectivity index (χ3n) is 5.46. The molecule has 0 amide bonds. The smallest absolute Gasteiger partial charge is 1.00 e. The minimum atomic E-state index is -2.09. The van der Waals surface area contributed by atoms with E-state index in [2.05, 4.69) is 67.6 Å². The maximum atomic E-state index is 2.59. The van der Waals surface area contributed by atoms with E-state index in [1.807, 2.05) is 5.57 Å². The molecule has 0 saturated heterocycles. The molecule has 0 aromatic heterocycles. The summed E-state index contributed by atoms with van der Waals surface area (Å²) in [5, 5.41) is 0. The number of rotatable bonds is 3. The Hall–Kier alpha value is -0.500. The molecule has 3 aliphatic carbocycles. The van der Waals surface area contributed by atoms with Gasteiger partial charge in [-0.2, -0.15) is 0 Å². The van der Waals surface area contributed by atoms with E-state index < -0.39 is 21.0 Å². The van der Waals surface area contributed by atoms with Crippen LogP contribution in [0, 0.1) is 0 Å². The maximum absolute atomic E-state index is 2.59. The van der Waals surface area contributed by atoms with Crippen molar-refractivity contribution in [2.45, 2.75) is 42.7 Å². The van der Waals surface area contributed by atoms with Gasteiger partial charge in [0.15, 0.2) is 0 Å². The molecule has 0 radical (unpaired) electrons. The van der Waals surface area contributed by atoms with Crippen molar-refractivity contribution in [1.82, 2.24) is 0 Å². The SMILES string of the molecule is C/[C](c1ccccc1)=[Hf+2](/[C]1=CC=CC1)[CH]1C=CC2=C1CCCC2.[Cl-].[Cl-]. The molecule has 4 rings (SSSR count). The third kappa shape index (κ3) is 4.26. The molecule has 0 N–H and O–H groups in total. The van der Waals surface area contributed by atoms with E-state index in [-0.39, 0.29) is 24.8 Å². The van der Waals surface area contributed by atoms with Crippen molar-refractivity contribution in [1.29, 1.82) is 0 Å². The van der Waals surface area contributed by atoms with Gasteiger partial charge in [-0.25, -0.2) is 0 Å². The Kier molecular flexibility index (Phi) is 7.86. The maximum Gasteiger partial charge on any atom is -1.00 e. The van der Waals surface area contributed by atoms with Crippen LogP contribution in [-0.2, 0) is 21.0 Å². The molecule has 0 heterocycles. The summed E-state index contributed by atoms with van der Waals surface area (Å²) >= 11 is -2.09. The fourth-order valence-electron chi connectivity index (χ4n) is 4.26. The Bertz CT molecular complexity index is 766. The van der Waals surface area contributed by atoms with Crippen molar-refractivity contribution in [3.63, 3.8) is 0 Å². The van der Waals surface area contributed by atoms with Crippen LogP contribution in [0.2, 0.25) is 3.67 Å². The van der Waals surface area contributed by atoms with Crippen molar-refractivity contribution < 1.29 is 45.8 Å². The van der Waals surface area contributed by atoms with Crippen molar-refractivity contribution in [3.05, 3.63) is 80.8 Å². The van der Waals surface area contributed by atoms with Crippen LogP contribution >= 0.6 is 0 Å². The first-order chi connectivity index (χ1) is 11.3. The molecule has 3 heteroatoms. The normalized spacial score (nSPS) is 21.2. The summed E-state index contributed by atoms with van der Waals surface area (Å²) in [4.78, 5) is 0. The van der Waals surface area contributed by atoms with Gasteiger partial charge in [-0.05, 0) is 0 Å². The zero-order valence-corrected chi connectivity index (χ0v) is 19.7. The fourth-order valence-corrected chi connectivity index (χ4v) is 16.5. The Morgan fingerprint density at radius 3 is 2.52 bits per heavy atom. The Morgan fingerprint density at radius 2 is 1.80 bits per heavy atom. The molecule has 1 atom stereocenters. The summed E-state index contributed by atoms with van der Waals surface area (Å²) in [6.45, 7) is 2.44. The standard InChI is InChI=1S/C9H11.C8H8.C5H5.2ClH.Hf/c1-2-5-9-7-3-6-8(9)4-1;1-2-8-6-4-3-5-7-8;1-2-4-5-3-1;;;/h3,6-7H,1-2,4-5H2;3-7H,1H3;1-3H,4H2;2*1H;/q;;;;;+2/p-2. The van der Waals surface area contributed by atoms with Gasteiger partial charge in [0.2, 0.25) is 0 Å². The Balaban J connectivity index is 0.00000113. The Labute approximate surface area is 171 Å². The second-order valence-corrected chi connectivity index (χ2v) is 17.0. The van der Waals surface area contributed by atoms with Crippen LogP contribution in [0.1, 0.15) is 44.6 Å². The average Bonchev–Trinajstić information content (AvgIpc) is 3.27. The minimum absolute atomic E-state index is 0. The van der Waals surface area contributed by atoms with Crippen LogP contribution in [0.3, 0.4) is 0 Å². The molecule has 0 spiro atoms. The first-order valence-electron chi connectivity index (χ1n) is 8.87. The van der Waals surface area contributed by atoms with Gasteiger partial charge in [-0.15, -0.1) is 0 Å². The predicted molar refractivity (Wildman–Crippen MR) is 96.4 cm³/mol. The number of hydrogen-bond acceptors (Lipinski definition) is 0. The van der Waals surface area contributed by atoms with Gasteiger partial charge < -0.3 is 24.8 Å². The van der Waals surface area contributed by atoms with Gasteiger partial charge in [0.1, 0.15) is 0 Å². The number of hydrogen-bond donors (Lipinski definition) is 0. The van der Waals surface area contributed by atoms with Crippen molar-refractivity contribution in [2.75, 3.05) is 0 Å². The van der Waals surface area contributed by atoms with Gasteiger partial charge in [0, 0.05) is 0 Å². The molecule has 0 saturated carbocycles. The van der Waals surface area contributed by atoms with E-state index >= 15 is 0 Å². The van der Waals surface area contributed by atoms with Crippen molar-refractivity contribution in [3.8, 4) is 0 Å². The molecular formula is C22H24Cl2Hf. The third-order valence-corrected chi connectivity index (χ3v) is 17.4. The fraction of sp³-hybridized carbons (Fsp3) is 0.318. The van der Waals surface area contributed by atoms with Crippen LogP contribution in [0.15, 0.2) is 75.2 Å². The molecule has 1 aromatic carbocycles. The van der Waals surface area contributed by atoms with Gasteiger partial charge in [-0.1, -0.05) is 0 Å². The Morgan fingerprint density at radius 1 is 1.04 bits per heavy atom. The van der Waals surface area contributed by atoms with E-state index in [1.54, 1.807) is 12.2 Å². The summed E-state index contributed by atoms with van der Waals surface area (Å²) in [7, 11) is 0. The first kappa shape index (κ1) is 20.8. The molecule has 25 heavy (non-hydrogen) atoms. The number of halogens is 2. The molecule has 1 aromatic rings. The summed E-state index contributed by atoms with van der Waals surface area (Å²) in [6, 6.07) is 11.2. The zero-order chi connectivity index (χ0) is 15.6. The van der Waals surface area contributed by atoms with Crippen molar-refractivity contribution in [2.24, 2.45) is 0 Å². The van der Waals surface area contributed by atoms with E-state index in [9.17, 15) is 0 Å². The topological polar surface area (TPSA) is 0 Å². The van der Waals surface area contributed by atoms with Crippen LogP contribution < -0.4 is 24.8 Å². The monoisotopic (exact) mass is 538 g/mol. The van der Waals surface area contributed by atoms with Crippen LogP contribution in [0.5, 0.6) is 0 Å². The minimum Gasteiger partial charge on any atom is -1.00 e. The second-order valence-electron chi connectivity index (χ2n) is 6.82. The van der Waals surface area contributed by atoms with E-state index in [0.29, 0.717) is 0 Å². The van der Waals surface area contributed by atoms with Gasteiger partial charge in [0.25, 0.3) is 0 Å². The quantitative estimate of drug-likeness (QED) is 0.474. The van der Waals surface area contributed by atoms with Gasteiger partial charge in [0.05, 0.1) is 0 Å². The summed E-state index contributed by atoms with van der Waals surface area (Å²) in [5.41, 5.74) is 5.00. The molecular weight excluding hydrogens is 514 g/mol. The van der Waals surface area contributed by atoms with Crippen LogP contribution in [0.4, 0.5) is 0 Å². The van der Waals surface area contributed by atoms with E-state index in [1.165, 1.54) is 37.7 Å². The summed E-state index contributed by atoms with van der Waals surface area (Å²) < 4.78 is 4.33. The van der Waals surface area contributed by atoms with Gasteiger partial charge in [-0.3, -0.25) is 0 Å². The molecule has 0 aliphatic heterocycles. The molecule has 0 fully saturated rings. The van der Waals surface area contributed by atoms with Crippen LogP contribution in [0.25, 0.3) is 0 Å². The molecule has 130 valence electrons. The molecule has 1 unspecified atom stereocenters. The molecule has 0 bridgehead atoms. The first-order valence-corrected chi connectivity index (χ1v) is 14.5. The largest absolute Gasteiger partial charge is 1.00 e. The number of allylic oxidation sites excluding steroid dienone is 8. The number of benzene rings is 1. The van der Waals surface area contributed by atoms with E-state index in [4.69, 9.17) is 0 Å². The summed E-state index contributed by atoms with van der Waals surface area (Å²) in [6.07, 6.45) is 18.8. The zero-order valence-electron chi connectivity index (χ0n) is 14.6.